The van der Waals surface area contributed by atoms with Crippen LogP contribution in [0.4, 0.5) is 4.39 Å². The minimum Gasteiger partial charge on any atom is -0.481 e. The second-order valence-electron chi connectivity index (χ2n) is 3.18. The van der Waals surface area contributed by atoms with Gasteiger partial charge in [0.15, 0.2) is 0 Å². The summed E-state index contributed by atoms with van der Waals surface area (Å²) >= 11 is 0. The highest BCUT2D eigenvalue weighted by atomic mass is 19.1. The van der Waals surface area contributed by atoms with Gasteiger partial charge in [0.25, 0.3) is 0 Å². The third kappa shape index (κ3) is 1.39. The molecule has 0 amide bonds. The van der Waals surface area contributed by atoms with Crippen LogP contribution in [0, 0.1) is 11.7 Å². The van der Waals surface area contributed by atoms with Crippen LogP contribution in [0.25, 0.3) is 0 Å². The Hall–Kier alpha value is -1.45. The van der Waals surface area contributed by atoms with Crippen LogP contribution in [0.2, 0.25) is 0 Å². The molecule has 0 bridgehead atoms. The van der Waals surface area contributed by atoms with E-state index in [4.69, 9.17) is 5.11 Å². The molecule has 13 heavy (non-hydrogen) atoms. The van der Waals surface area contributed by atoms with Gasteiger partial charge in [-0.15, -0.1) is 0 Å². The Balaban J connectivity index is 2.21. The molecule has 1 heterocycles. The van der Waals surface area contributed by atoms with Gasteiger partial charge in [0, 0.05) is 12.1 Å². The second-order valence-corrected chi connectivity index (χ2v) is 3.18. The average Bonchev–Trinajstić information content (AvgIpc) is 2.84. The number of carboxylic acids is 1. The zero-order chi connectivity index (χ0) is 9.42. The Morgan fingerprint density at radius 3 is 3.00 bits per heavy atom. The third-order valence-electron chi connectivity index (χ3n) is 2.31. The molecule has 0 radical (unpaired) electrons. The van der Waals surface area contributed by atoms with Crippen LogP contribution in [0.15, 0.2) is 18.5 Å². The first kappa shape index (κ1) is 8.16. The minimum atomic E-state index is -0.846. The van der Waals surface area contributed by atoms with Crippen LogP contribution in [0.5, 0.6) is 0 Å². The van der Waals surface area contributed by atoms with Crippen molar-refractivity contribution in [2.75, 3.05) is 0 Å². The molecule has 2 atom stereocenters. The summed E-state index contributed by atoms with van der Waals surface area (Å²) in [5.41, 5.74) is 0.474. The summed E-state index contributed by atoms with van der Waals surface area (Å²) in [7, 11) is 0. The number of carbonyl (C=O) groups is 1. The number of aliphatic carboxylic acids is 1. The van der Waals surface area contributed by atoms with Crippen molar-refractivity contribution >= 4 is 5.97 Å². The van der Waals surface area contributed by atoms with Crippen LogP contribution in [-0.4, -0.2) is 16.1 Å². The molecule has 0 saturated heterocycles. The fourth-order valence-electron chi connectivity index (χ4n) is 1.50. The molecule has 2 unspecified atom stereocenters. The van der Waals surface area contributed by atoms with Gasteiger partial charge in [-0.3, -0.25) is 9.78 Å². The van der Waals surface area contributed by atoms with Gasteiger partial charge in [-0.2, -0.15) is 0 Å². The van der Waals surface area contributed by atoms with E-state index in [0.29, 0.717) is 12.0 Å². The standard InChI is InChI=1S/C9H8FNO2/c10-8-4-11-2-1-5(8)6-3-7(6)9(12)13/h1-2,4,6-7H,3H2,(H,12,13). The number of halogens is 1. The molecule has 2 rings (SSSR count). The van der Waals surface area contributed by atoms with E-state index in [1.54, 1.807) is 6.07 Å². The predicted octanol–water partition coefficient (Wildman–Crippen LogP) is 1.41. The molecule has 0 aliphatic heterocycles. The highest BCUT2D eigenvalue weighted by molar-refractivity contribution is 5.75. The molecule has 3 nitrogen and oxygen atoms in total. The van der Waals surface area contributed by atoms with Crippen LogP contribution in [0.1, 0.15) is 17.9 Å². The lowest BCUT2D eigenvalue weighted by Crippen LogP contribution is -2.00. The fraction of sp³-hybridized carbons (Fsp3) is 0.333. The van der Waals surface area contributed by atoms with Crippen molar-refractivity contribution in [3.63, 3.8) is 0 Å². The summed E-state index contributed by atoms with van der Waals surface area (Å²) in [6.45, 7) is 0. The van der Waals surface area contributed by atoms with Gasteiger partial charge in [0.1, 0.15) is 5.82 Å². The van der Waals surface area contributed by atoms with E-state index in [9.17, 15) is 9.18 Å². The van der Waals surface area contributed by atoms with Gasteiger partial charge < -0.3 is 5.11 Å². The van der Waals surface area contributed by atoms with Gasteiger partial charge in [-0.1, -0.05) is 0 Å². The van der Waals surface area contributed by atoms with Gasteiger partial charge in [0.05, 0.1) is 12.1 Å². The Morgan fingerprint density at radius 1 is 1.69 bits per heavy atom. The summed E-state index contributed by atoms with van der Waals surface area (Å²) in [5, 5.41) is 8.64. The van der Waals surface area contributed by atoms with Crippen molar-refractivity contribution in [2.24, 2.45) is 5.92 Å². The lowest BCUT2D eigenvalue weighted by molar-refractivity contribution is -0.138. The first-order valence-electron chi connectivity index (χ1n) is 4.02. The molecule has 1 fully saturated rings. The fourth-order valence-corrected chi connectivity index (χ4v) is 1.50. The molecule has 4 heteroatoms. The van der Waals surface area contributed by atoms with Crippen molar-refractivity contribution in [1.82, 2.24) is 4.98 Å². The number of hydrogen-bond acceptors (Lipinski definition) is 2. The van der Waals surface area contributed by atoms with Crippen LogP contribution in [0.3, 0.4) is 0 Å². The molecule has 1 aromatic heterocycles. The van der Waals surface area contributed by atoms with Crippen molar-refractivity contribution < 1.29 is 14.3 Å². The number of aromatic nitrogens is 1. The zero-order valence-electron chi connectivity index (χ0n) is 6.77. The highest BCUT2D eigenvalue weighted by Crippen LogP contribution is 2.48. The van der Waals surface area contributed by atoms with Gasteiger partial charge in [-0.05, 0) is 18.1 Å². The number of hydrogen-bond donors (Lipinski definition) is 1. The monoisotopic (exact) mass is 181 g/mol. The maximum absolute atomic E-state index is 13.1. The molecule has 1 aliphatic rings. The second kappa shape index (κ2) is 2.80. The minimum absolute atomic E-state index is 0.152. The molecule has 1 N–H and O–H groups in total. The Morgan fingerprint density at radius 2 is 2.46 bits per heavy atom. The van der Waals surface area contributed by atoms with Gasteiger partial charge in [0.2, 0.25) is 0 Å². The lowest BCUT2D eigenvalue weighted by atomic mass is 10.1. The molecule has 68 valence electrons. The Kier molecular flexibility index (Phi) is 1.76. The lowest BCUT2D eigenvalue weighted by Gasteiger charge is -1.98. The first-order valence-corrected chi connectivity index (χ1v) is 4.02. The highest BCUT2D eigenvalue weighted by Gasteiger charge is 2.45. The van der Waals surface area contributed by atoms with Crippen molar-refractivity contribution in [3.8, 4) is 0 Å². The predicted molar refractivity (Wildman–Crippen MR) is 42.7 cm³/mol. The first-order chi connectivity index (χ1) is 6.20. The summed E-state index contributed by atoms with van der Waals surface area (Å²) in [5.74, 6) is -1.81. The van der Waals surface area contributed by atoms with E-state index < -0.39 is 17.7 Å². The smallest absolute Gasteiger partial charge is 0.307 e. The maximum atomic E-state index is 13.1. The number of rotatable bonds is 2. The summed E-state index contributed by atoms with van der Waals surface area (Å²) in [6, 6.07) is 1.54. The van der Waals surface area contributed by atoms with E-state index >= 15 is 0 Å². The molecular formula is C9H8FNO2. The number of pyridine rings is 1. The van der Waals surface area contributed by atoms with E-state index in [1.165, 1.54) is 6.20 Å². The van der Waals surface area contributed by atoms with Crippen LogP contribution >= 0.6 is 0 Å². The van der Waals surface area contributed by atoms with E-state index in [0.717, 1.165) is 6.20 Å². The number of carboxylic acid groups (broad SMARTS) is 1. The average molecular weight is 181 g/mol. The Bertz CT molecular complexity index is 353. The van der Waals surface area contributed by atoms with E-state index in [-0.39, 0.29) is 5.92 Å². The molecule has 0 aromatic carbocycles. The van der Waals surface area contributed by atoms with Gasteiger partial charge in [-0.25, -0.2) is 4.39 Å². The third-order valence-corrected chi connectivity index (χ3v) is 2.31. The topological polar surface area (TPSA) is 50.2 Å². The van der Waals surface area contributed by atoms with Crippen molar-refractivity contribution in [1.29, 1.82) is 0 Å². The normalized spacial score (nSPS) is 25.6. The van der Waals surface area contributed by atoms with Crippen molar-refractivity contribution in [2.45, 2.75) is 12.3 Å². The molecule has 1 aromatic rings. The van der Waals surface area contributed by atoms with Crippen LogP contribution < -0.4 is 0 Å². The van der Waals surface area contributed by atoms with E-state index in [2.05, 4.69) is 4.98 Å². The van der Waals surface area contributed by atoms with Gasteiger partial charge >= 0.3 is 5.97 Å². The summed E-state index contributed by atoms with van der Waals surface area (Å²) < 4.78 is 13.1. The molecule has 0 spiro atoms. The largest absolute Gasteiger partial charge is 0.481 e. The van der Waals surface area contributed by atoms with E-state index in [1.807, 2.05) is 0 Å². The molecule has 1 saturated carbocycles. The Labute approximate surface area is 74.2 Å². The SMILES string of the molecule is O=C(O)C1CC1c1ccncc1F. The number of nitrogens with zero attached hydrogens (tertiary/aromatic N) is 1. The molecule has 1 aliphatic carbocycles. The van der Waals surface area contributed by atoms with Crippen molar-refractivity contribution in [3.05, 3.63) is 29.8 Å². The zero-order valence-corrected chi connectivity index (χ0v) is 6.77. The summed E-state index contributed by atoms with van der Waals surface area (Å²) in [4.78, 5) is 14.1. The quantitative estimate of drug-likeness (QED) is 0.750. The summed E-state index contributed by atoms with van der Waals surface area (Å²) in [6.07, 6.45) is 3.14. The maximum Gasteiger partial charge on any atom is 0.307 e. The van der Waals surface area contributed by atoms with Crippen LogP contribution in [-0.2, 0) is 4.79 Å². The molecular weight excluding hydrogens is 173 g/mol.